The molecule has 9 nitrogen and oxygen atoms in total. The highest BCUT2D eigenvalue weighted by Gasteiger charge is 2.48. The summed E-state index contributed by atoms with van der Waals surface area (Å²) < 4.78 is 43.1. The number of aliphatic imine (C=N–C) groups is 1. The summed E-state index contributed by atoms with van der Waals surface area (Å²) in [5.74, 6) is -0.848. The number of amidine groups is 1. The number of anilines is 2. The number of nitrogens with one attached hydrogen (secondary N) is 3. The molecule has 0 bridgehead atoms. The van der Waals surface area contributed by atoms with Gasteiger partial charge < -0.3 is 20.3 Å². The molecule has 1 spiro atoms. The number of fused-ring (bicyclic) bond motifs is 1. The number of halogens is 3. The van der Waals surface area contributed by atoms with Crippen molar-refractivity contribution in [2.45, 2.75) is 44.6 Å². The third-order valence-corrected chi connectivity index (χ3v) is 7.69. The number of ether oxygens (including phenoxy) is 1. The summed E-state index contributed by atoms with van der Waals surface area (Å²) in [5.41, 5.74) is 3.23. The molecule has 2 aliphatic heterocycles. The number of amides is 2. The van der Waals surface area contributed by atoms with E-state index in [0.717, 1.165) is 27.7 Å². The van der Waals surface area contributed by atoms with Crippen LogP contribution in [0.15, 0.2) is 71.9 Å². The molecule has 216 valence electrons. The van der Waals surface area contributed by atoms with Crippen molar-refractivity contribution >= 4 is 39.9 Å². The van der Waals surface area contributed by atoms with Crippen molar-refractivity contribution in [2.24, 2.45) is 4.99 Å². The van der Waals surface area contributed by atoms with Gasteiger partial charge in [-0.25, -0.2) is 0 Å². The number of hydrogen-bond donors (Lipinski definition) is 3. The number of carbonyl (C=O) groups is 2. The molecule has 1 fully saturated rings. The molecule has 1 saturated heterocycles. The zero-order chi connectivity index (χ0) is 29.6. The van der Waals surface area contributed by atoms with Crippen LogP contribution in [0.4, 0.5) is 24.5 Å². The molecule has 0 unspecified atom stereocenters. The molecule has 2 amide bonds. The van der Waals surface area contributed by atoms with Crippen molar-refractivity contribution in [3.8, 4) is 16.9 Å². The molecule has 12 heteroatoms. The smallest absolute Gasteiger partial charge is 0.405 e. The Balaban J connectivity index is 1.26. The average Bonchev–Trinajstić information content (AvgIpc) is 3.54. The number of rotatable bonds is 5. The number of aromatic nitrogens is 2. The fourth-order valence-electron chi connectivity index (χ4n) is 5.87. The molecule has 1 aromatic heterocycles. The third kappa shape index (κ3) is 5.04. The fraction of sp³-hybridized carbons (Fsp3) is 0.267. The van der Waals surface area contributed by atoms with E-state index < -0.39 is 17.7 Å². The van der Waals surface area contributed by atoms with Crippen LogP contribution in [0.2, 0.25) is 0 Å². The van der Waals surface area contributed by atoms with Gasteiger partial charge in [-0.05, 0) is 54.8 Å². The van der Waals surface area contributed by atoms with Crippen molar-refractivity contribution in [2.75, 3.05) is 16.8 Å². The molecule has 42 heavy (non-hydrogen) atoms. The second-order valence-corrected chi connectivity index (χ2v) is 10.5. The van der Waals surface area contributed by atoms with E-state index in [-0.39, 0.29) is 29.3 Å². The second kappa shape index (κ2) is 10.2. The molecule has 4 aromatic rings. The van der Waals surface area contributed by atoms with Crippen molar-refractivity contribution < 1.29 is 27.5 Å². The zero-order valence-electron chi connectivity index (χ0n) is 22.7. The molecular weight excluding hydrogens is 549 g/mol. The number of benzene rings is 3. The van der Waals surface area contributed by atoms with Gasteiger partial charge in [0.15, 0.2) is 0 Å². The van der Waals surface area contributed by atoms with E-state index in [9.17, 15) is 22.8 Å². The monoisotopic (exact) mass is 576 g/mol. The Hall–Kier alpha value is -4.87. The average molecular weight is 577 g/mol. The fourth-order valence-corrected chi connectivity index (χ4v) is 5.87. The van der Waals surface area contributed by atoms with E-state index in [1.54, 1.807) is 12.3 Å². The van der Waals surface area contributed by atoms with Crippen LogP contribution in [0.3, 0.4) is 0 Å². The lowest BCUT2D eigenvalue weighted by Gasteiger charge is -2.42. The quantitative estimate of drug-likeness (QED) is 0.295. The first-order valence-corrected chi connectivity index (χ1v) is 13.4. The molecule has 2 aliphatic rings. The van der Waals surface area contributed by atoms with Crippen LogP contribution in [0.25, 0.3) is 22.0 Å². The van der Waals surface area contributed by atoms with Gasteiger partial charge in [0.05, 0.1) is 23.0 Å². The molecule has 3 aromatic carbocycles. The first-order chi connectivity index (χ1) is 20.0. The summed E-state index contributed by atoms with van der Waals surface area (Å²) in [4.78, 5) is 31.7. The largest absolute Gasteiger partial charge is 0.573 e. The molecule has 6 rings (SSSR count). The number of aromatic amines is 1. The van der Waals surface area contributed by atoms with E-state index in [1.165, 1.54) is 25.1 Å². The third-order valence-electron chi connectivity index (χ3n) is 7.69. The van der Waals surface area contributed by atoms with Gasteiger partial charge >= 0.3 is 6.36 Å². The van der Waals surface area contributed by atoms with Crippen LogP contribution in [0.5, 0.6) is 5.75 Å². The predicted molar refractivity (Wildman–Crippen MR) is 152 cm³/mol. The second-order valence-electron chi connectivity index (χ2n) is 10.5. The van der Waals surface area contributed by atoms with Crippen LogP contribution in [0.1, 0.15) is 32.3 Å². The van der Waals surface area contributed by atoms with Crippen molar-refractivity contribution in [3.05, 3.63) is 72.4 Å². The summed E-state index contributed by atoms with van der Waals surface area (Å²) in [6.07, 6.45) is -2.38. The van der Waals surface area contributed by atoms with Crippen LogP contribution < -0.4 is 20.3 Å². The number of carbonyl (C=O) groups excluding carboxylic acids is 2. The lowest BCUT2D eigenvalue weighted by molar-refractivity contribution is -0.274. The first kappa shape index (κ1) is 27.3. The van der Waals surface area contributed by atoms with Gasteiger partial charge in [0, 0.05) is 37.0 Å². The van der Waals surface area contributed by atoms with Gasteiger partial charge in [-0.2, -0.15) is 5.10 Å². The van der Waals surface area contributed by atoms with Crippen molar-refractivity contribution in [3.63, 3.8) is 0 Å². The SMILES string of the molecule is CC(=O)Nc1ccc(-c2cccc(N3CC[C@]4(C[C@@H]3C)N=C(c3ccccc3OC(F)(F)F)NC4=O)c2)c2cn[nH]c12. The van der Waals surface area contributed by atoms with Crippen LogP contribution in [-0.4, -0.2) is 52.3 Å². The minimum Gasteiger partial charge on any atom is -0.405 e. The minimum absolute atomic E-state index is 0.0781. The molecule has 2 atom stereocenters. The Labute approximate surface area is 238 Å². The molecule has 0 aliphatic carbocycles. The number of hydrogen-bond acceptors (Lipinski definition) is 6. The minimum atomic E-state index is -4.87. The van der Waals surface area contributed by atoms with Crippen LogP contribution in [0, 0.1) is 0 Å². The van der Waals surface area contributed by atoms with E-state index in [0.29, 0.717) is 25.1 Å². The van der Waals surface area contributed by atoms with Crippen molar-refractivity contribution in [1.29, 1.82) is 0 Å². The Morgan fingerprint density at radius 3 is 2.69 bits per heavy atom. The van der Waals surface area contributed by atoms with Crippen LogP contribution in [-0.2, 0) is 9.59 Å². The molecular formula is C30H27F3N6O3. The first-order valence-electron chi connectivity index (χ1n) is 13.4. The Kier molecular flexibility index (Phi) is 6.63. The summed E-state index contributed by atoms with van der Waals surface area (Å²) in [5, 5.41) is 13.5. The number of alkyl halides is 3. The van der Waals surface area contributed by atoms with Crippen molar-refractivity contribution in [1.82, 2.24) is 15.5 Å². The lowest BCUT2D eigenvalue weighted by atomic mass is 9.83. The summed E-state index contributed by atoms with van der Waals surface area (Å²) in [7, 11) is 0. The van der Waals surface area contributed by atoms with E-state index >= 15 is 0 Å². The maximum absolute atomic E-state index is 13.2. The van der Waals surface area contributed by atoms with E-state index in [2.05, 4.69) is 41.5 Å². The van der Waals surface area contributed by atoms with Gasteiger partial charge in [0.2, 0.25) is 5.91 Å². The summed E-state index contributed by atoms with van der Waals surface area (Å²) >= 11 is 0. The summed E-state index contributed by atoms with van der Waals surface area (Å²) in [6, 6.07) is 17.4. The standard InChI is InChI=1S/C30H27F3N6O3/c1-17-15-29(28(41)36-27(37-29)22-8-3-4-9-25(22)42-30(31,32)33)12-13-39(17)20-7-5-6-19(14-20)21-10-11-24(35-18(2)40)26-23(21)16-34-38-26/h3-11,14,16-17H,12-13,15H2,1-2H3,(H,34,38)(H,35,40)(H,36,37,41)/t17-,29+/m0/s1. The number of H-pyrrole nitrogens is 1. The topological polar surface area (TPSA) is 112 Å². The molecule has 3 heterocycles. The highest BCUT2D eigenvalue weighted by Crippen LogP contribution is 2.39. The highest BCUT2D eigenvalue weighted by atomic mass is 19.4. The van der Waals surface area contributed by atoms with Gasteiger partial charge in [-0.1, -0.05) is 30.3 Å². The number of piperidine rings is 1. The van der Waals surface area contributed by atoms with Gasteiger partial charge in [-0.15, -0.1) is 13.2 Å². The Morgan fingerprint density at radius 2 is 1.93 bits per heavy atom. The molecule has 3 N–H and O–H groups in total. The Bertz CT molecular complexity index is 1730. The van der Waals surface area contributed by atoms with E-state index in [1.807, 2.05) is 37.3 Å². The van der Waals surface area contributed by atoms with Crippen LogP contribution >= 0.6 is 0 Å². The number of nitrogens with zero attached hydrogens (tertiary/aromatic N) is 3. The van der Waals surface area contributed by atoms with Gasteiger partial charge in [0.1, 0.15) is 17.1 Å². The lowest BCUT2D eigenvalue weighted by Crippen LogP contribution is -2.53. The molecule has 0 radical (unpaired) electrons. The van der Waals surface area contributed by atoms with E-state index in [4.69, 9.17) is 0 Å². The maximum Gasteiger partial charge on any atom is 0.573 e. The molecule has 0 saturated carbocycles. The maximum atomic E-state index is 13.2. The number of para-hydroxylation sites is 1. The summed E-state index contributed by atoms with van der Waals surface area (Å²) in [6.45, 7) is 3.97. The normalized spacial score (nSPS) is 20.5. The Morgan fingerprint density at radius 1 is 1.12 bits per heavy atom. The zero-order valence-corrected chi connectivity index (χ0v) is 22.7. The van der Waals surface area contributed by atoms with Gasteiger partial charge in [0.25, 0.3) is 5.91 Å². The highest BCUT2D eigenvalue weighted by molar-refractivity contribution is 6.16. The predicted octanol–water partition coefficient (Wildman–Crippen LogP) is 5.39. The van der Waals surface area contributed by atoms with Gasteiger partial charge in [-0.3, -0.25) is 19.7 Å².